The second kappa shape index (κ2) is 5.41. The molecule has 0 atom stereocenters. The lowest BCUT2D eigenvalue weighted by molar-refractivity contribution is 0.0635. The molecule has 0 aliphatic carbocycles. The largest absolute Gasteiger partial charge is 0.444 e. The first-order valence-electron chi connectivity index (χ1n) is 5.21. The number of sulfone groups is 1. The Morgan fingerprint density at radius 1 is 1.42 bits per heavy atom. The molecule has 0 bridgehead atoms. The maximum absolute atomic E-state index is 11.6. The molecular formula is C10H14BrN3O4S. The average Bonchev–Trinajstić information content (AvgIpc) is 2.16. The summed E-state index contributed by atoms with van der Waals surface area (Å²) in [6, 6.07) is 0. The van der Waals surface area contributed by atoms with Gasteiger partial charge in [-0.2, -0.15) is 4.98 Å². The van der Waals surface area contributed by atoms with E-state index in [0.29, 0.717) is 4.47 Å². The molecule has 1 rings (SSSR count). The third-order valence-corrected chi connectivity index (χ3v) is 3.11. The number of hydrogen-bond acceptors (Lipinski definition) is 6. The fourth-order valence-corrected chi connectivity index (χ4v) is 1.81. The molecule has 1 aromatic heterocycles. The number of nitrogens with one attached hydrogen (secondary N) is 1. The predicted molar refractivity (Wildman–Crippen MR) is 72.7 cm³/mol. The van der Waals surface area contributed by atoms with E-state index in [2.05, 4.69) is 31.2 Å². The number of carbonyl (C=O) groups excluding carboxylic acids is 1. The second-order valence-electron chi connectivity index (χ2n) is 4.75. The lowest BCUT2D eigenvalue weighted by Gasteiger charge is -2.19. The van der Waals surface area contributed by atoms with Gasteiger partial charge in [0.05, 0.1) is 4.47 Å². The van der Waals surface area contributed by atoms with Gasteiger partial charge in [-0.1, -0.05) is 0 Å². The maximum Gasteiger partial charge on any atom is 0.413 e. The topological polar surface area (TPSA) is 98.2 Å². The Balaban J connectivity index is 2.99. The highest BCUT2D eigenvalue weighted by molar-refractivity contribution is 9.10. The van der Waals surface area contributed by atoms with E-state index in [1.165, 1.54) is 6.20 Å². The average molecular weight is 352 g/mol. The molecule has 0 aliphatic rings. The summed E-state index contributed by atoms with van der Waals surface area (Å²) in [6.07, 6.45) is 1.50. The van der Waals surface area contributed by atoms with Crippen molar-refractivity contribution in [1.29, 1.82) is 0 Å². The minimum atomic E-state index is -3.55. The molecule has 1 amide bonds. The zero-order chi connectivity index (χ0) is 14.8. The van der Waals surface area contributed by atoms with Gasteiger partial charge < -0.3 is 4.74 Å². The molecule has 19 heavy (non-hydrogen) atoms. The van der Waals surface area contributed by atoms with Crippen LogP contribution < -0.4 is 5.32 Å². The molecular weight excluding hydrogens is 338 g/mol. The summed E-state index contributed by atoms with van der Waals surface area (Å²) in [4.78, 5) is 19.0. The van der Waals surface area contributed by atoms with Crippen molar-refractivity contribution in [3.63, 3.8) is 0 Å². The minimum absolute atomic E-state index is 0.0321. The van der Waals surface area contributed by atoms with Crippen LogP contribution in [0.5, 0.6) is 0 Å². The molecule has 1 N–H and O–H groups in total. The molecule has 0 spiro atoms. The van der Waals surface area contributed by atoms with Crippen molar-refractivity contribution >= 4 is 37.7 Å². The SMILES string of the molecule is CC(C)(C)OC(=O)Nc1nc(S(C)(=O)=O)ncc1Br. The number of carbonyl (C=O) groups is 1. The van der Waals surface area contributed by atoms with Gasteiger partial charge in [-0.05, 0) is 36.7 Å². The Hall–Kier alpha value is -1.22. The molecule has 0 saturated carbocycles. The Morgan fingerprint density at radius 3 is 2.47 bits per heavy atom. The van der Waals surface area contributed by atoms with Gasteiger partial charge in [0.15, 0.2) is 5.82 Å². The van der Waals surface area contributed by atoms with Crippen LogP contribution in [0.15, 0.2) is 15.8 Å². The smallest absolute Gasteiger partial charge is 0.413 e. The highest BCUT2D eigenvalue weighted by Crippen LogP contribution is 2.21. The van der Waals surface area contributed by atoms with Crippen LogP contribution in [0, 0.1) is 0 Å². The molecule has 7 nitrogen and oxygen atoms in total. The molecule has 9 heteroatoms. The van der Waals surface area contributed by atoms with Crippen LogP contribution in [0.3, 0.4) is 0 Å². The Morgan fingerprint density at radius 2 is 2.00 bits per heavy atom. The number of rotatable bonds is 2. The Labute approximate surface area is 119 Å². The minimum Gasteiger partial charge on any atom is -0.444 e. The van der Waals surface area contributed by atoms with E-state index in [0.717, 1.165) is 6.26 Å². The number of hydrogen-bond donors (Lipinski definition) is 1. The quantitative estimate of drug-likeness (QED) is 0.818. The molecule has 106 valence electrons. The summed E-state index contributed by atoms with van der Waals surface area (Å²) >= 11 is 3.12. The van der Waals surface area contributed by atoms with Crippen LogP contribution in [0.2, 0.25) is 0 Å². The lowest BCUT2D eigenvalue weighted by atomic mass is 10.2. The molecule has 0 unspecified atom stereocenters. The number of halogens is 1. The summed E-state index contributed by atoms with van der Waals surface area (Å²) in [5.74, 6) is 0.0321. The summed E-state index contributed by atoms with van der Waals surface area (Å²) in [6.45, 7) is 5.14. The first kappa shape index (κ1) is 15.8. The molecule has 0 saturated heterocycles. The van der Waals surface area contributed by atoms with Crippen molar-refractivity contribution in [1.82, 2.24) is 9.97 Å². The van der Waals surface area contributed by atoms with Crippen LogP contribution in [0.4, 0.5) is 10.6 Å². The van der Waals surface area contributed by atoms with Crippen molar-refractivity contribution < 1.29 is 17.9 Å². The van der Waals surface area contributed by atoms with Crippen LogP contribution in [-0.2, 0) is 14.6 Å². The van der Waals surface area contributed by atoms with E-state index in [1.807, 2.05) is 0 Å². The summed E-state index contributed by atoms with van der Waals surface area (Å²) in [7, 11) is -3.55. The van der Waals surface area contributed by atoms with Gasteiger partial charge in [0.2, 0.25) is 15.0 Å². The van der Waals surface area contributed by atoms with Crippen LogP contribution in [0.1, 0.15) is 20.8 Å². The zero-order valence-electron chi connectivity index (χ0n) is 10.9. The van der Waals surface area contributed by atoms with Gasteiger partial charge in [0.1, 0.15) is 5.60 Å². The van der Waals surface area contributed by atoms with Gasteiger partial charge in [-0.25, -0.2) is 18.2 Å². The maximum atomic E-state index is 11.6. The standard InChI is InChI=1S/C10H14BrN3O4S/c1-10(2,3)18-9(15)14-7-6(11)5-12-8(13-7)19(4,16)17/h5H,1-4H3,(H,12,13,14,15). The fourth-order valence-electron chi connectivity index (χ4n) is 1.02. The predicted octanol–water partition coefficient (Wildman–Crippen LogP) is 1.99. The number of anilines is 1. The number of ether oxygens (including phenoxy) is 1. The van der Waals surface area contributed by atoms with E-state index in [4.69, 9.17) is 4.74 Å². The third-order valence-electron chi connectivity index (χ3n) is 1.67. The highest BCUT2D eigenvalue weighted by atomic mass is 79.9. The molecule has 0 radical (unpaired) electrons. The molecule has 0 fully saturated rings. The highest BCUT2D eigenvalue weighted by Gasteiger charge is 2.19. The van der Waals surface area contributed by atoms with Crippen molar-refractivity contribution in [2.24, 2.45) is 0 Å². The van der Waals surface area contributed by atoms with Gasteiger partial charge in [-0.3, -0.25) is 5.32 Å². The van der Waals surface area contributed by atoms with Crippen LogP contribution in [0.25, 0.3) is 0 Å². The summed E-state index contributed by atoms with van der Waals surface area (Å²) in [5.41, 5.74) is -0.663. The van der Waals surface area contributed by atoms with Crippen molar-refractivity contribution in [3.8, 4) is 0 Å². The lowest BCUT2D eigenvalue weighted by Crippen LogP contribution is -2.27. The van der Waals surface area contributed by atoms with E-state index in [9.17, 15) is 13.2 Å². The van der Waals surface area contributed by atoms with Gasteiger partial charge in [0.25, 0.3) is 0 Å². The Kier molecular flexibility index (Phi) is 4.51. The molecule has 0 aliphatic heterocycles. The van der Waals surface area contributed by atoms with Crippen molar-refractivity contribution in [2.75, 3.05) is 11.6 Å². The molecule has 1 aromatic rings. The molecule has 1 heterocycles. The van der Waals surface area contributed by atoms with E-state index in [1.54, 1.807) is 20.8 Å². The fraction of sp³-hybridized carbons (Fsp3) is 0.500. The van der Waals surface area contributed by atoms with E-state index in [-0.39, 0.29) is 11.0 Å². The van der Waals surface area contributed by atoms with E-state index >= 15 is 0 Å². The normalized spacial score (nSPS) is 12.1. The number of amides is 1. The summed E-state index contributed by atoms with van der Waals surface area (Å²) < 4.78 is 28.0. The van der Waals surface area contributed by atoms with Gasteiger partial charge in [-0.15, -0.1) is 0 Å². The third kappa shape index (κ3) is 5.11. The number of nitrogens with zero attached hydrogens (tertiary/aromatic N) is 2. The monoisotopic (exact) mass is 351 g/mol. The zero-order valence-corrected chi connectivity index (χ0v) is 13.3. The Bertz CT molecular complexity index is 595. The van der Waals surface area contributed by atoms with Gasteiger partial charge >= 0.3 is 6.09 Å². The van der Waals surface area contributed by atoms with Gasteiger partial charge in [0, 0.05) is 12.5 Å². The van der Waals surface area contributed by atoms with E-state index < -0.39 is 21.5 Å². The van der Waals surface area contributed by atoms with Crippen LogP contribution in [-0.4, -0.2) is 36.3 Å². The van der Waals surface area contributed by atoms with Crippen molar-refractivity contribution in [3.05, 3.63) is 10.7 Å². The first-order valence-corrected chi connectivity index (χ1v) is 7.90. The first-order chi connectivity index (χ1) is 8.49. The second-order valence-corrected chi connectivity index (χ2v) is 7.51. The number of aromatic nitrogens is 2. The van der Waals surface area contributed by atoms with Crippen molar-refractivity contribution in [2.45, 2.75) is 31.5 Å². The summed E-state index contributed by atoms with van der Waals surface area (Å²) in [5, 5.41) is 1.98. The van der Waals surface area contributed by atoms with Crippen LogP contribution >= 0.6 is 15.9 Å². The molecule has 0 aromatic carbocycles.